The molecule has 3 unspecified atom stereocenters. The minimum atomic E-state index is -1.11. The number of carbonyl (C=O) groups is 2. The topological polar surface area (TPSA) is 113 Å². The average Bonchev–Trinajstić information content (AvgIpc) is 2.66. The summed E-state index contributed by atoms with van der Waals surface area (Å²) >= 11 is 0. The first-order chi connectivity index (χ1) is 13.4. The molecule has 0 aromatic rings. The first-order valence-corrected chi connectivity index (χ1v) is 10.7. The van der Waals surface area contributed by atoms with E-state index in [1.165, 1.54) is 0 Å². The molecule has 3 N–H and O–H groups in total. The smallest absolute Gasteiger partial charge is 0.309 e. The van der Waals surface area contributed by atoms with Crippen molar-refractivity contribution in [3.05, 3.63) is 0 Å². The lowest BCUT2D eigenvalue weighted by Gasteiger charge is -2.19. The summed E-state index contributed by atoms with van der Waals surface area (Å²) in [4.78, 5) is 24.0. The molecular formula is C21H40O7. The molecule has 0 aliphatic carbocycles. The van der Waals surface area contributed by atoms with Crippen LogP contribution in [0.15, 0.2) is 0 Å². The Balaban J connectivity index is 4.40. The zero-order valence-electron chi connectivity index (χ0n) is 17.6. The van der Waals surface area contributed by atoms with Crippen LogP contribution in [0.1, 0.15) is 90.9 Å². The third-order valence-corrected chi connectivity index (χ3v) is 4.51. The van der Waals surface area contributed by atoms with Gasteiger partial charge in [0.25, 0.3) is 0 Å². The van der Waals surface area contributed by atoms with E-state index in [9.17, 15) is 19.8 Å². The van der Waals surface area contributed by atoms with E-state index in [1.54, 1.807) is 0 Å². The van der Waals surface area contributed by atoms with Crippen molar-refractivity contribution in [3.63, 3.8) is 0 Å². The maximum atomic E-state index is 12.1. The van der Waals surface area contributed by atoms with Crippen LogP contribution in [0.3, 0.4) is 0 Å². The first-order valence-electron chi connectivity index (χ1n) is 10.7. The van der Waals surface area contributed by atoms with Crippen molar-refractivity contribution in [1.29, 1.82) is 0 Å². The molecule has 0 aliphatic heterocycles. The number of unbranched alkanes of at least 4 members (excludes halogenated alkanes) is 6. The fraction of sp³-hybridized carbons (Fsp3) is 0.905. The van der Waals surface area contributed by atoms with Crippen molar-refractivity contribution >= 4 is 11.9 Å². The first kappa shape index (κ1) is 26.8. The van der Waals surface area contributed by atoms with Gasteiger partial charge < -0.3 is 24.8 Å². The predicted molar refractivity (Wildman–Crippen MR) is 107 cm³/mol. The van der Waals surface area contributed by atoms with Crippen molar-refractivity contribution < 1.29 is 34.4 Å². The number of aliphatic hydroxyl groups is 3. The van der Waals surface area contributed by atoms with Gasteiger partial charge in [0.05, 0.1) is 25.6 Å². The van der Waals surface area contributed by atoms with E-state index >= 15 is 0 Å². The van der Waals surface area contributed by atoms with Gasteiger partial charge in [0.1, 0.15) is 18.8 Å². The van der Waals surface area contributed by atoms with Gasteiger partial charge in [0, 0.05) is 0 Å². The van der Waals surface area contributed by atoms with Gasteiger partial charge in [-0.05, 0) is 19.3 Å². The molecule has 7 heteroatoms. The van der Waals surface area contributed by atoms with Gasteiger partial charge in [0.15, 0.2) is 0 Å². The largest absolute Gasteiger partial charge is 0.463 e. The Morgan fingerprint density at radius 2 is 1.39 bits per heavy atom. The molecule has 0 spiro atoms. The molecule has 0 heterocycles. The van der Waals surface area contributed by atoms with E-state index in [0.717, 1.165) is 51.4 Å². The second-order valence-electron chi connectivity index (χ2n) is 7.39. The van der Waals surface area contributed by atoms with Crippen molar-refractivity contribution in [2.75, 3.05) is 13.2 Å². The van der Waals surface area contributed by atoms with Crippen LogP contribution in [0.25, 0.3) is 0 Å². The van der Waals surface area contributed by atoms with Crippen LogP contribution in [-0.4, -0.2) is 58.8 Å². The molecule has 0 radical (unpaired) electrons. The molecule has 0 aliphatic rings. The maximum absolute atomic E-state index is 12.1. The molecule has 0 aromatic heterocycles. The van der Waals surface area contributed by atoms with Crippen LogP contribution >= 0.6 is 0 Å². The summed E-state index contributed by atoms with van der Waals surface area (Å²) in [7, 11) is 0. The fourth-order valence-electron chi connectivity index (χ4n) is 2.82. The number of hydrogen-bond donors (Lipinski definition) is 3. The third kappa shape index (κ3) is 15.8. The highest BCUT2D eigenvalue weighted by atomic mass is 16.6. The highest BCUT2D eigenvalue weighted by Gasteiger charge is 2.21. The molecule has 0 saturated carbocycles. The molecule has 0 amide bonds. The quantitative estimate of drug-likeness (QED) is 0.238. The van der Waals surface area contributed by atoms with E-state index in [1.807, 2.05) is 0 Å². The standard InChI is InChI=1S/C21H40O7/c1-3-5-7-9-11-17(23)13-21(26)28-19(12-10-8-6-4-2)14-20(25)27-16-18(24)15-22/h17-19,22-24H,3-16H2,1-2H3. The summed E-state index contributed by atoms with van der Waals surface area (Å²) in [5, 5.41) is 28.0. The molecule has 0 aromatic carbocycles. The van der Waals surface area contributed by atoms with Crippen LogP contribution in [0.5, 0.6) is 0 Å². The van der Waals surface area contributed by atoms with Crippen molar-refractivity contribution in [3.8, 4) is 0 Å². The van der Waals surface area contributed by atoms with Gasteiger partial charge in [0.2, 0.25) is 0 Å². The lowest BCUT2D eigenvalue weighted by molar-refractivity contribution is -0.158. The summed E-state index contributed by atoms with van der Waals surface area (Å²) in [6.07, 6.45) is 6.63. The van der Waals surface area contributed by atoms with Crippen LogP contribution < -0.4 is 0 Å². The summed E-state index contributed by atoms with van der Waals surface area (Å²) in [6.45, 7) is 3.44. The average molecular weight is 405 g/mol. The summed E-state index contributed by atoms with van der Waals surface area (Å²) < 4.78 is 10.3. The Morgan fingerprint density at radius 3 is 1.96 bits per heavy atom. The minimum Gasteiger partial charge on any atom is -0.463 e. The molecule has 0 saturated heterocycles. The minimum absolute atomic E-state index is 0.0736. The van der Waals surface area contributed by atoms with E-state index in [4.69, 9.17) is 14.6 Å². The van der Waals surface area contributed by atoms with E-state index in [2.05, 4.69) is 13.8 Å². The zero-order chi connectivity index (χ0) is 21.2. The van der Waals surface area contributed by atoms with E-state index in [-0.39, 0.29) is 19.4 Å². The molecule has 0 fully saturated rings. The molecule has 166 valence electrons. The Labute approximate surface area is 169 Å². The van der Waals surface area contributed by atoms with Gasteiger partial charge >= 0.3 is 11.9 Å². The normalized spacial score (nSPS) is 14.3. The molecule has 0 rings (SSSR count). The van der Waals surface area contributed by atoms with Crippen molar-refractivity contribution in [1.82, 2.24) is 0 Å². The fourth-order valence-corrected chi connectivity index (χ4v) is 2.82. The van der Waals surface area contributed by atoms with Crippen molar-refractivity contribution in [2.24, 2.45) is 0 Å². The van der Waals surface area contributed by atoms with Crippen LogP contribution in [-0.2, 0) is 19.1 Å². The number of rotatable bonds is 18. The Bertz CT molecular complexity index is 400. The Kier molecular flexibility index (Phi) is 17.1. The number of hydrogen-bond acceptors (Lipinski definition) is 7. The van der Waals surface area contributed by atoms with Gasteiger partial charge in [-0.2, -0.15) is 0 Å². The number of ether oxygens (including phenoxy) is 2. The van der Waals surface area contributed by atoms with Crippen LogP contribution in [0.4, 0.5) is 0 Å². The second-order valence-corrected chi connectivity index (χ2v) is 7.39. The molecule has 7 nitrogen and oxygen atoms in total. The van der Waals surface area contributed by atoms with Crippen LogP contribution in [0.2, 0.25) is 0 Å². The number of aliphatic hydroxyl groups excluding tert-OH is 3. The summed E-state index contributed by atoms with van der Waals surface area (Å²) in [6, 6.07) is 0. The summed E-state index contributed by atoms with van der Waals surface area (Å²) in [5.74, 6) is -1.09. The molecule has 0 bridgehead atoms. The van der Waals surface area contributed by atoms with Gasteiger partial charge in [-0.1, -0.05) is 58.8 Å². The monoisotopic (exact) mass is 404 g/mol. The highest BCUT2D eigenvalue weighted by Crippen LogP contribution is 2.15. The SMILES string of the molecule is CCCCCCC(O)CC(=O)OC(CCCCCC)CC(=O)OCC(O)CO. The Hall–Kier alpha value is -1.18. The van der Waals surface area contributed by atoms with Gasteiger partial charge in [-0.15, -0.1) is 0 Å². The predicted octanol–water partition coefficient (Wildman–Crippen LogP) is 2.88. The molecular weight excluding hydrogens is 364 g/mol. The second kappa shape index (κ2) is 17.9. The third-order valence-electron chi connectivity index (χ3n) is 4.51. The van der Waals surface area contributed by atoms with Crippen LogP contribution in [0, 0.1) is 0 Å². The van der Waals surface area contributed by atoms with Gasteiger partial charge in [-0.3, -0.25) is 9.59 Å². The maximum Gasteiger partial charge on any atom is 0.309 e. The lowest BCUT2D eigenvalue weighted by atomic mass is 10.1. The Morgan fingerprint density at radius 1 is 0.786 bits per heavy atom. The van der Waals surface area contributed by atoms with E-state index < -0.39 is 36.9 Å². The molecule has 3 atom stereocenters. The highest BCUT2D eigenvalue weighted by molar-refractivity contribution is 5.72. The summed E-state index contributed by atoms with van der Waals surface area (Å²) in [5.41, 5.74) is 0. The molecule has 28 heavy (non-hydrogen) atoms. The number of carbonyl (C=O) groups excluding carboxylic acids is 2. The van der Waals surface area contributed by atoms with E-state index in [0.29, 0.717) is 12.8 Å². The van der Waals surface area contributed by atoms with Crippen molar-refractivity contribution in [2.45, 2.75) is 109 Å². The lowest BCUT2D eigenvalue weighted by Crippen LogP contribution is -2.27. The number of esters is 2. The van der Waals surface area contributed by atoms with Gasteiger partial charge in [-0.25, -0.2) is 0 Å². The zero-order valence-corrected chi connectivity index (χ0v) is 17.6.